The highest BCUT2D eigenvalue weighted by molar-refractivity contribution is 5.73. The predicted molar refractivity (Wildman–Crippen MR) is 277 cm³/mol. The second-order valence-electron chi connectivity index (χ2n) is 23.9. The predicted octanol–water partition coefficient (Wildman–Crippen LogP) is 9.98. The van der Waals surface area contributed by atoms with Gasteiger partial charge in [0.05, 0.1) is 57.7 Å². The number of aliphatic carboxylic acids is 1. The molecule has 0 rings (SSSR count). The van der Waals surface area contributed by atoms with Crippen LogP contribution in [0.2, 0.25) is 0 Å². The molecule has 0 bridgehead atoms. The summed E-state index contributed by atoms with van der Waals surface area (Å²) in [6.45, 7) is 21.4. The summed E-state index contributed by atoms with van der Waals surface area (Å²) in [5.74, 6) is -2.12. The Morgan fingerprint density at radius 2 is 0.768 bits per heavy atom. The van der Waals surface area contributed by atoms with Crippen LogP contribution in [-0.2, 0) is 14.3 Å². The van der Waals surface area contributed by atoms with Crippen molar-refractivity contribution in [2.75, 3.05) is 6.61 Å². The molecule has 0 aromatic carbocycles. The average Bonchev–Trinajstić information content (AvgIpc) is 3.14. The van der Waals surface area contributed by atoms with Gasteiger partial charge in [-0.15, -0.1) is 0 Å². The molecule has 406 valence electrons. The number of aliphatic hydroxyl groups is 9. The fraction of sp³-hybridized carbons (Fsp3) is 0.857. The van der Waals surface area contributed by atoms with Crippen molar-refractivity contribution in [3.8, 4) is 0 Å². The zero-order valence-electron chi connectivity index (χ0n) is 45.6. The maximum Gasteiger partial charge on any atom is 0.308 e. The Bertz CT molecular complexity index is 1560. The van der Waals surface area contributed by atoms with E-state index in [9.17, 15) is 55.5 Å². The van der Waals surface area contributed by atoms with Gasteiger partial charge >= 0.3 is 11.9 Å². The van der Waals surface area contributed by atoms with Crippen molar-refractivity contribution in [1.29, 1.82) is 0 Å². The summed E-state index contributed by atoms with van der Waals surface area (Å²) in [4.78, 5) is 22.9. The van der Waals surface area contributed by atoms with E-state index in [-0.39, 0.29) is 6.42 Å². The van der Waals surface area contributed by atoms with Crippen LogP contribution in [0.4, 0.5) is 0 Å². The van der Waals surface area contributed by atoms with E-state index >= 15 is 0 Å². The minimum Gasteiger partial charge on any atom is -0.481 e. The third-order valence-corrected chi connectivity index (χ3v) is 14.0. The minimum absolute atomic E-state index is 0.227. The normalized spacial score (nSPS) is 20.1. The zero-order chi connectivity index (χ0) is 53.4. The molecule has 0 saturated heterocycles. The number of ether oxygens (including phenoxy) is 1. The highest BCUT2D eigenvalue weighted by Gasteiger charge is 2.34. The quantitative estimate of drug-likeness (QED) is 0.0203. The largest absolute Gasteiger partial charge is 0.481 e. The van der Waals surface area contributed by atoms with E-state index in [2.05, 4.69) is 32.9 Å². The summed E-state index contributed by atoms with van der Waals surface area (Å²) in [6, 6.07) is 0. The summed E-state index contributed by atoms with van der Waals surface area (Å²) >= 11 is 0. The molecule has 69 heavy (non-hydrogen) atoms. The zero-order valence-corrected chi connectivity index (χ0v) is 45.6. The van der Waals surface area contributed by atoms with Crippen molar-refractivity contribution in [2.45, 2.75) is 301 Å². The maximum absolute atomic E-state index is 12.0. The van der Waals surface area contributed by atoms with Gasteiger partial charge in [0.1, 0.15) is 12.7 Å². The number of hydrogen-bond acceptors (Lipinski definition) is 12. The SMILES string of the molecule is CC(C)=CCCC(C)(O)CCCC(C)(O)CCCC(C)(O)CCCC(C)(O)CCCC(C)(O)CCCC(C)(O)CCC/C(C)=C/CC/C(C)=C/CCC(C)(O)[C@H](O)COC(=O)CC(C)(O)CC(=O)O. The van der Waals surface area contributed by atoms with E-state index < -0.39 is 82.3 Å². The van der Waals surface area contributed by atoms with Gasteiger partial charge in [-0.2, -0.15) is 0 Å². The molecular formula is C56H104O13. The fourth-order valence-corrected chi connectivity index (χ4v) is 9.05. The second-order valence-corrected chi connectivity index (χ2v) is 23.9. The Labute approximate surface area is 418 Å². The molecule has 9 atom stereocenters. The number of carboxylic acid groups (broad SMARTS) is 1. The van der Waals surface area contributed by atoms with Gasteiger partial charge in [-0.3, -0.25) is 9.59 Å². The first kappa shape index (κ1) is 66.8. The Balaban J connectivity index is 4.47. The van der Waals surface area contributed by atoms with Gasteiger partial charge in [0.15, 0.2) is 0 Å². The van der Waals surface area contributed by atoms with Crippen molar-refractivity contribution in [2.24, 2.45) is 0 Å². The number of carboxylic acids is 1. The molecule has 0 aromatic heterocycles. The van der Waals surface area contributed by atoms with Gasteiger partial charge in [-0.05, 0) is 237 Å². The molecule has 0 radical (unpaired) electrons. The first-order valence-corrected chi connectivity index (χ1v) is 26.2. The average molecular weight is 985 g/mol. The summed E-state index contributed by atoms with van der Waals surface area (Å²) in [5.41, 5.74) is -4.84. The van der Waals surface area contributed by atoms with Crippen molar-refractivity contribution in [1.82, 2.24) is 0 Å². The molecule has 0 saturated carbocycles. The number of carbonyl (C=O) groups excluding carboxylic acids is 1. The Hall–Kier alpha value is -2.20. The van der Waals surface area contributed by atoms with Gasteiger partial charge in [0.2, 0.25) is 0 Å². The number of allylic oxidation sites excluding steroid dienone is 6. The van der Waals surface area contributed by atoms with Gasteiger partial charge in [-0.1, -0.05) is 34.9 Å². The third kappa shape index (κ3) is 36.4. The van der Waals surface area contributed by atoms with Gasteiger partial charge in [0.25, 0.3) is 0 Å². The van der Waals surface area contributed by atoms with Crippen LogP contribution in [0.25, 0.3) is 0 Å². The van der Waals surface area contributed by atoms with E-state index in [0.29, 0.717) is 109 Å². The summed E-state index contributed by atoms with van der Waals surface area (Å²) in [6.07, 6.45) is 19.2. The fourth-order valence-electron chi connectivity index (χ4n) is 9.05. The lowest BCUT2D eigenvalue weighted by Gasteiger charge is -2.30. The molecule has 0 aliphatic carbocycles. The minimum atomic E-state index is -1.78. The van der Waals surface area contributed by atoms with E-state index in [4.69, 9.17) is 9.84 Å². The first-order chi connectivity index (χ1) is 31.4. The van der Waals surface area contributed by atoms with E-state index in [1.807, 2.05) is 54.5 Å². The highest BCUT2D eigenvalue weighted by Crippen LogP contribution is 2.32. The molecule has 10 N–H and O–H groups in total. The van der Waals surface area contributed by atoms with E-state index in [1.54, 1.807) is 0 Å². The van der Waals surface area contributed by atoms with E-state index in [0.717, 1.165) is 44.1 Å². The molecule has 0 amide bonds. The molecule has 0 spiro atoms. The first-order valence-electron chi connectivity index (χ1n) is 26.2. The van der Waals surface area contributed by atoms with Crippen molar-refractivity contribution in [3.63, 3.8) is 0 Å². The molecule has 0 aromatic rings. The molecule has 8 unspecified atom stereocenters. The van der Waals surface area contributed by atoms with Crippen molar-refractivity contribution < 1.29 is 65.4 Å². The van der Waals surface area contributed by atoms with Crippen molar-refractivity contribution >= 4 is 11.9 Å². The van der Waals surface area contributed by atoms with Crippen LogP contribution in [0.1, 0.15) is 250 Å². The van der Waals surface area contributed by atoms with Crippen LogP contribution in [0, 0.1) is 0 Å². The standard InChI is InChI=1S/C56H104O13/c1-43(2)22-14-27-49(5,61)29-17-31-51(7,63)33-19-35-53(9,65)37-21-38-54(10,66)36-20-34-52(8,64)32-18-30-50(6,62)28-15-25-44(3)23-13-24-45(4)26-16-39-56(12,68)46(57)42-69-48(60)41-55(11,67)40-47(58)59/h22-23,26,46,57,61-68H,13-21,24-25,27-42H2,1-12H3,(H,58,59)/b44-23+,45-26+/t46-,49?,50?,51?,52?,53?,54?,55?,56?/m1/s1. The smallest absolute Gasteiger partial charge is 0.308 e. The third-order valence-electron chi connectivity index (χ3n) is 14.0. The summed E-state index contributed by atoms with van der Waals surface area (Å²) < 4.78 is 4.98. The van der Waals surface area contributed by atoms with Crippen molar-refractivity contribution in [3.05, 3.63) is 34.9 Å². The number of rotatable bonds is 40. The second kappa shape index (κ2) is 30.7. The lowest BCUT2D eigenvalue weighted by atomic mass is 9.83. The number of esters is 1. The van der Waals surface area contributed by atoms with Crippen LogP contribution >= 0.6 is 0 Å². The maximum atomic E-state index is 12.0. The van der Waals surface area contributed by atoms with Crippen LogP contribution in [0.5, 0.6) is 0 Å². The number of carbonyl (C=O) groups is 2. The molecule has 0 fully saturated rings. The Kier molecular flexibility index (Phi) is 29.8. The molecule has 0 heterocycles. The Morgan fingerprint density at radius 3 is 1.14 bits per heavy atom. The lowest BCUT2D eigenvalue weighted by molar-refractivity contribution is -0.159. The molecule has 0 aliphatic heterocycles. The molecule has 13 heteroatoms. The summed E-state index contributed by atoms with van der Waals surface area (Å²) in [7, 11) is 0. The van der Waals surface area contributed by atoms with Gasteiger partial charge in [-0.25, -0.2) is 0 Å². The summed E-state index contributed by atoms with van der Waals surface area (Å²) in [5, 5.41) is 106. The number of hydrogen-bond donors (Lipinski definition) is 10. The molecule has 13 nitrogen and oxygen atoms in total. The lowest BCUT2D eigenvalue weighted by Crippen LogP contribution is -2.43. The molecule has 0 aliphatic rings. The highest BCUT2D eigenvalue weighted by atomic mass is 16.5. The van der Waals surface area contributed by atoms with Crippen LogP contribution in [-0.4, -0.2) is 121 Å². The van der Waals surface area contributed by atoms with Crippen LogP contribution < -0.4 is 0 Å². The van der Waals surface area contributed by atoms with Crippen LogP contribution in [0.15, 0.2) is 34.9 Å². The van der Waals surface area contributed by atoms with E-state index in [1.165, 1.54) is 25.0 Å². The monoisotopic (exact) mass is 985 g/mol. The van der Waals surface area contributed by atoms with Gasteiger partial charge < -0.3 is 55.8 Å². The topological polar surface area (TPSA) is 246 Å². The Morgan fingerprint density at radius 1 is 0.435 bits per heavy atom. The van der Waals surface area contributed by atoms with Crippen LogP contribution in [0.3, 0.4) is 0 Å². The molecular weight excluding hydrogens is 881 g/mol. The number of aliphatic hydroxyl groups excluding tert-OH is 1. The van der Waals surface area contributed by atoms with Gasteiger partial charge in [0, 0.05) is 0 Å².